The molecule has 6 amide bonds. The van der Waals surface area contributed by atoms with E-state index in [1.165, 1.54) is 29.0 Å². The van der Waals surface area contributed by atoms with Gasteiger partial charge in [0.05, 0.1) is 133 Å². The summed E-state index contributed by atoms with van der Waals surface area (Å²) in [4.78, 5) is 101. The number of rotatable bonds is 51. The molecule has 3 heterocycles. The lowest BCUT2D eigenvalue weighted by Crippen LogP contribution is -2.32. The molecule has 26 nitrogen and oxygen atoms in total. The summed E-state index contributed by atoms with van der Waals surface area (Å²) in [6, 6.07) is 54.7. The SMILES string of the molecule is CCN(CC)c1ccc(NC(=O)c2cc(CCCOCCOCCOCCOCCNC(=O)c3cscn3)cc(C3CCC(NC(=O)c4ccnc(-c5cc(N(CC)CC)ccc5NC(=O)c5cccc(CCCOCCOCCOCCOCCNC(=O)c6ccc(O)cc6)c5)c4)c4ccccc43)c2)c(-c2cc(C(=O)NC3CCCc4ccccc43)ccn2)c1. The number of phenols is 1. The number of carbonyl (C=O) groups excluding carboxylic acids is 6. The van der Waals surface area contributed by atoms with E-state index in [2.05, 4.69) is 105 Å². The third-order valence-electron chi connectivity index (χ3n) is 22.3. The number of aromatic hydroxyl groups is 1. The van der Waals surface area contributed by atoms with E-state index in [1.54, 1.807) is 65.7 Å². The molecule has 10 aromatic rings. The topological polar surface area (TPSA) is 314 Å². The highest BCUT2D eigenvalue weighted by Crippen LogP contribution is 2.43. The number of nitrogens with zero attached hydrogens (tertiary/aromatic N) is 5. The number of anilines is 4. The smallest absolute Gasteiger partial charge is 0.270 e. The Balaban J connectivity index is 0.678. The van der Waals surface area contributed by atoms with Crippen molar-refractivity contribution < 1.29 is 71.8 Å². The van der Waals surface area contributed by atoms with E-state index in [4.69, 9.17) is 47.9 Å². The molecule has 3 unspecified atom stereocenters. The highest BCUT2D eigenvalue weighted by molar-refractivity contribution is 7.07. The molecule has 126 heavy (non-hydrogen) atoms. The monoisotopic (exact) mass is 1730 g/mol. The predicted octanol–water partition coefficient (Wildman–Crippen LogP) is 15.2. The van der Waals surface area contributed by atoms with Gasteiger partial charge in [0.2, 0.25) is 0 Å². The molecule has 3 atom stereocenters. The second kappa shape index (κ2) is 49.9. The summed E-state index contributed by atoms with van der Waals surface area (Å²) in [6.07, 6.45) is 10.0. The summed E-state index contributed by atoms with van der Waals surface area (Å²) in [6.45, 7) is 18.5. The first kappa shape index (κ1) is 93.5. The van der Waals surface area contributed by atoms with Crippen molar-refractivity contribution in [3.8, 4) is 28.3 Å². The number of benzene rings is 7. The Labute approximate surface area is 742 Å². The van der Waals surface area contributed by atoms with Crippen LogP contribution in [0.15, 0.2) is 199 Å². The van der Waals surface area contributed by atoms with Gasteiger partial charge < -0.3 is 84.7 Å². The van der Waals surface area contributed by atoms with Crippen molar-refractivity contribution >= 4 is 69.5 Å². The Hall–Kier alpha value is -11.6. The zero-order chi connectivity index (χ0) is 88.0. The van der Waals surface area contributed by atoms with Crippen LogP contribution >= 0.6 is 11.3 Å². The molecule has 12 rings (SSSR count). The minimum Gasteiger partial charge on any atom is -0.508 e. The number of thiazole rings is 1. The molecule has 27 heteroatoms. The maximum absolute atomic E-state index is 15.3. The summed E-state index contributed by atoms with van der Waals surface area (Å²) < 4.78 is 45.9. The first-order chi connectivity index (χ1) is 61.7. The fraction of sp³-hybridized carbons (Fsp3) is 0.384. The number of pyridine rings is 2. The molecule has 0 radical (unpaired) electrons. The van der Waals surface area contributed by atoms with E-state index in [0.29, 0.717) is 218 Å². The van der Waals surface area contributed by atoms with E-state index >= 15 is 4.79 Å². The summed E-state index contributed by atoms with van der Waals surface area (Å²) >= 11 is 1.37. The van der Waals surface area contributed by atoms with Gasteiger partial charge in [-0.05, 0) is 234 Å². The molecule has 0 saturated carbocycles. The highest BCUT2D eigenvalue weighted by Gasteiger charge is 2.32. The normalized spacial score (nSPS) is 14.0. The van der Waals surface area contributed by atoms with Gasteiger partial charge in [-0.15, -0.1) is 11.3 Å². The highest BCUT2D eigenvalue weighted by atomic mass is 32.1. The van der Waals surface area contributed by atoms with Crippen LogP contribution in [0.5, 0.6) is 5.75 Å². The van der Waals surface area contributed by atoms with Gasteiger partial charge in [-0.25, -0.2) is 4.98 Å². The molecule has 0 fully saturated rings. The van der Waals surface area contributed by atoms with Gasteiger partial charge in [0, 0.05) is 126 Å². The first-order valence-corrected chi connectivity index (χ1v) is 44.9. The number of hydrogen-bond donors (Lipinski definition) is 7. The summed E-state index contributed by atoms with van der Waals surface area (Å²) in [5.74, 6) is -1.61. The third kappa shape index (κ3) is 27.7. The van der Waals surface area contributed by atoms with Crippen molar-refractivity contribution in [2.45, 2.75) is 103 Å². The average molecular weight is 1730 g/mol. The number of fused-ring (bicyclic) bond motifs is 2. The van der Waals surface area contributed by atoms with E-state index in [-0.39, 0.29) is 59.2 Å². The van der Waals surface area contributed by atoms with E-state index in [9.17, 15) is 29.1 Å². The van der Waals surface area contributed by atoms with Crippen LogP contribution in [0.25, 0.3) is 22.5 Å². The lowest BCUT2D eigenvalue weighted by Gasteiger charge is -2.33. The Morgan fingerprint density at radius 3 is 1.44 bits per heavy atom. The van der Waals surface area contributed by atoms with E-state index in [1.807, 2.05) is 91.0 Å². The molecular formula is C99H117N11O15S. The molecule has 2 aliphatic carbocycles. The molecule has 3 aromatic heterocycles. The standard InChI is InChI=1S/C99H117N11O15S/c1-5-109(6-2)78-29-34-89(107-95(113)73-22-13-17-69(59-73)18-15-43-118-47-51-122-55-57-124-53-49-120-45-41-102-94(112)72-27-31-80(111)32-28-72)85(65-78)91-64-75(38-40-100-91)97(115)106-88-36-33-81(83-24-11-12-25-84(83)88)76-60-70(19-16-44-119-48-52-123-56-58-125-54-50-121-46-42-103-99(117)93-67-126-68-104-93)61-77(62-76)98(116)108-90-35-30-79(110(7-3)8-4)66-86(90)92-63-74(37-39-101-92)96(114)105-87-26-14-21-71-20-9-10-23-82(71)87/h9-13,17,20,22-25,27-32,34-35,37-40,59-68,81,87-88,111H,5-8,14-16,18-19,21,26,33,36,41-58H2,1-4H3,(H,102,112)(H,103,117)(H,105,114)(H,106,115)(H,107,113)(H,108,116). The minimum absolute atomic E-state index is 0.100. The van der Waals surface area contributed by atoms with Crippen LogP contribution in [-0.2, 0) is 57.2 Å². The lowest BCUT2D eigenvalue weighted by molar-refractivity contribution is -0.00158. The van der Waals surface area contributed by atoms with Crippen LogP contribution in [0, 0.1) is 0 Å². The Bertz CT molecular complexity index is 5170. The molecule has 0 aliphatic heterocycles. The largest absolute Gasteiger partial charge is 0.508 e. The van der Waals surface area contributed by atoms with Crippen molar-refractivity contribution in [2.75, 3.05) is 165 Å². The molecule has 0 spiro atoms. The summed E-state index contributed by atoms with van der Waals surface area (Å²) in [7, 11) is 0. The average Bonchev–Trinajstić information content (AvgIpc) is 0.807. The number of phenolic OH excluding ortho intramolecular Hbond substituents is 1. The third-order valence-corrected chi connectivity index (χ3v) is 22.9. The number of aromatic nitrogens is 3. The maximum Gasteiger partial charge on any atom is 0.270 e. The van der Waals surface area contributed by atoms with Crippen molar-refractivity contribution in [1.82, 2.24) is 36.2 Å². The lowest BCUT2D eigenvalue weighted by atomic mass is 9.76. The van der Waals surface area contributed by atoms with Gasteiger partial charge in [-0.3, -0.25) is 38.7 Å². The van der Waals surface area contributed by atoms with Gasteiger partial charge in [-0.2, -0.15) is 0 Å². The maximum atomic E-state index is 15.3. The van der Waals surface area contributed by atoms with E-state index in [0.717, 1.165) is 96.6 Å². The number of aryl methyl sites for hydroxylation is 3. The van der Waals surface area contributed by atoms with Crippen molar-refractivity contribution in [1.29, 1.82) is 0 Å². The van der Waals surface area contributed by atoms with Gasteiger partial charge in [0.1, 0.15) is 11.4 Å². The Morgan fingerprint density at radius 2 is 0.897 bits per heavy atom. The molecule has 0 bridgehead atoms. The van der Waals surface area contributed by atoms with Gasteiger partial charge in [0.25, 0.3) is 35.4 Å². The van der Waals surface area contributed by atoms with Crippen LogP contribution in [0.4, 0.5) is 22.7 Å². The van der Waals surface area contributed by atoms with Crippen LogP contribution in [-0.4, -0.2) is 200 Å². The van der Waals surface area contributed by atoms with Gasteiger partial charge >= 0.3 is 0 Å². The number of amides is 6. The first-order valence-electron chi connectivity index (χ1n) is 43.9. The van der Waals surface area contributed by atoms with Crippen molar-refractivity contribution in [3.05, 3.63) is 272 Å². The second-order valence-electron chi connectivity index (χ2n) is 30.7. The molecule has 7 N–H and O–H groups in total. The van der Waals surface area contributed by atoms with Gasteiger partial charge in [0.15, 0.2) is 0 Å². The Morgan fingerprint density at radius 1 is 0.413 bits per heavy atom. The summed E-state index contributed by atoms with van der Waals surface area (Å²) in [5, 5.41) is 29.9. The van der Waals surface area contributed by atoms with Crippen LogP contribution in [0.3, 0.4) is 0 Å². The quantitative estimate of drug-likeness (QED) is 0.0174. The molecular weight excluding hydrogens is 1620 g/mol. The molecule has 2 aliphatic rings. The fourth-order valence-electron chi connectivity index (χ4n) is 15.7. The van der Waals surface area contributed by atoms with Crippen LogP contribution in [0.1, 0.15) is 185 Å². The van der Waals surface area contributed by atoms with Gasteiger partial charge in [-0.1, -0.05) is 66.7 Å². The fourth-order valence-corrected chi connectivity index (χ4v) is 16.3. The minimum atomic E-state index is -0.366. The number of hydrogen-bond acceptors (Lipinski definition) is 21. The van der Waals surface area contributed by atoms with Crippen molar-refractivity contribution in [2.24, 2.45) is 0 Å². The van der Waals surface area contributed by atoms with Crippen molar-refractivity contribution in [3.63, 3.8) is 0 Å². The van der Waals surface area contributed by atoms with Crippen LogP contribution in [0.2, 0.25) is 0 Å². The zero-order valence-corrected chi connectivity index (χ0v) is 73.3. The molecule has 0 saturated heterocycles. The predicted molar refractivity (Wildman–Crippen MR) is 491 cm³/mol. The molecule has 7 aromatic carbocycles. The number of nitrogens with one attached hydrogen (secondary N) is 6. The van der Waals surface area contributed by atoms with E-state index < -0.39 is 0 Å². The zero-order valence-electron chi connectivity index (χ0n) is 72.5. The second-order valence-corrected chi connectivity index (χ2v) is 31.4. The Kier molecular flexibility index (Phi) is 37.0. The number of ether oxygens (including phenoxy) is 8. The number of carbonyl (C=O) groups is 6. The molecule has 664 valence electrons. The van der Waals surface area contributed by atoms with Crippen LogP contribution < -0.4 is 41.7 Å². The summed E-state index contributed by atoms with van der Waals surface area (Å²) in [5.41, 5.74) is 16.9.